The number of ether oxygens (including phenoxy) is 1. The summed E-state index contributed by atoms with van der Waals surface area (Å²) in [4.78, 5) is 33.4. The minimum absolute atomic E-state index is 0.0255. The second kappa shape index (κ2) is 10.8. The number of nitrogens with zero attached hydrogens (tertiary/aromatic N) is 3. The Balaban J connectivity index is 1.49. The molecule has 0 saturated carbocycles. The molecule has 6 nitrogen and oxygen atoms in total. The molecule has 1 fully saturated rings. The summed E-state index contributed by atoms with van der Waals surface area (Å²) in [5, 5.41) is 0. The van der Waals surface area contributed by atoms with Gasteiger partial charge in [-0.15, -0.1) is 0 Å². The molecule has 1 aromatic heterocycles. The van der Waals surface area contributed by atoms with Crippen LogP contribution >= 0.6 is 0 Å². The highest BCUT2D eigenvalue weighted by molar-refractivity contribution is 5.96. The molecule has 0 aliphatic carbocycles. The Hall–Kier alpha value is -3.58. The molecule has 1 unspecified atom stereocenters. The molecule has 1 atom stereocenters. The van der Waals surface area contributed by atoms with E-state index in [1.165, 1.54) is 23.2 Å². The third-order valence-corrected chi connectivity index (χ3v) is 5.61. The summed E-state index contributed by atoms with van der Waals surface area (Å²) >= 11 is 0. The third-order valence-electron chi connectivity index (χ3n) is 5.61. The Bertz CT molecular complexity index is 1080. The van der Waals surface area contributed by atoms with E-state index in [0.717, 1.165) is 5.56 Å². The fourth-order valence-corrected chi connectivity index (χ4v) is 3.88. The van der Waals surface area contributed by atoms with Gasteiger partial charge in [-0.3, -0.25) is 14.6 Å². The minimum Gasteiger partial charge on any atom is -0.370 e. The first kappa shape index (κ1) is 22.6. The monoisotopic (exact) mass is 447 g/mol. The van der Waals surface area contributed by atoms with Crippen molar-refractivity contribution in [3.05, 3.63) is 102 Å². The van der Waals surface area contributed by atoms with Crippen LogP contribution in [0, 0.1) is 5.82 Å². The van der Waals surface area contributed by atoms with Crippen LogP contribution in [0.25, 0.3) is 0 Å². The zero-order chi connectivity index (χ0) is 23.0. The predicted octanol–water partition coefficient (Wildman–Crippen LogP) is 3.33. The molecule has 2 aromatic carbocycles. The maximum absolute atomic E-state index is 13.6. The Kier molecular flexibility index (Phi) is 7.42. The highest BCUT2D eigenvalue weighted by Gasteiger charge is 2.31. The number of amides is 2. The molecule has 1 saturated heterocycles. The summed E-state index contributed by atoms with van der Waals surface area (Å²) in [6, 6.07) is 19.6. The van der Waals surface area contributed by atoms with Crippen molar-refractivity contribution in [3.63, 3.8) is 0 Å². The van der Waals surface area contributed by atoms with Crippen LogP contribution in [0.3, 0.4) is 0 Å². The van der Waals surface area contributed by atoms with Crippen molar-refractivity contribution in [3.8, 4) is 0 Å². The molecule has 4 rings (SSSR count). The topological polar surface area (TPSA) is 62.7 Å². The van der Waals surface area contributed by atoms with E-state index in [1.807, 2.05) is 30.3 Å². The lowest BCUT2D eigenvalue weighted by Crippen LogP contribution is -2.40. The van der Waals surface area contributed by atoms with E-state index in [9.17, 15) is 14.0 Å². The number of aromatic nitrogens is 1. The van der Waals surface area contributed by atoms with Crippen LogP contribution in [0.2, 0.25) is 0 Å². The SMILES string of the molecule is O=C1CN(C(=O)c2cccnc2)CC(OCc2cccc(F)c2)CN1CCc1ccccc1. The van der Waals surface area contributed by atoms with Crippen LogP contribution in [0.4, 0.5) is 4.39 Å². The molecule has 1 aliphatic heterocycles. The van der Waals surface area contributed by atoms with Crippen LogP contribution in [0.15, 0.2) is 79.1 Å². The molecule has 33 heavy (non-hydrogen) atoms. The molecular weight excluding hydrogens is 421 g/mol. The van der Waals surface area contributed by atoms with E-state index in [4.69, 9.17) is 4.74 Å². The zero-order valence-corrected chi connectivity index (χ0v) is 18.3. The van der Waals surface area contributed by atoms with Gasteiger partial charge < -0.3 is 14.5 Å². The van der Waals surface area contributed by atoms with E-state index in [0.29, 0.717) is 30.6 Å². The Morgan fingerprint density at radius 2 is 1.85 bits per heavy atom. The van der Waals surface area contributed by atoms with Crippen molar-refractivity contribution in [2.45, 2.75) is 19.1 Å². The summed E-state index contributed by atoms with van der Waals surface area (Å²) in [6.07, 6.45) is 3.39. The predicted molar refractivity (Wildman–Crippen MR) is 122 cm³/mol. The lowest BCUT2D eigenvalue weighted by molar-refractivity contribution is -0.131. The third kappa shape index (κ3) is 6.23. The zero-order valence-electron chi connectivity index (χ0n) is 18.3. The first-order chi connectivity index (χ1) is 16.1. The fourth-order valence-electron chi connectivity index (χ4n) is 3.88. The number of hydrogen-bond donors (Lipinski definition) is 0. The van der Waals surface area contributed by atoms with E-state index in [2.05, 4.69) is 4.98 Å². The average molecular weight is 448 g/mol. The molecule has 0 N–H and O–H groups in total. The number of pyridine rings is 1. The maximum Gasteiger partial charge on any atom is 0.255 e. The first-order valence-corrected chi connectivity index (χ1v) is 11.0. The van der Waals surface area contributed by atoms with E-state index >= 15 is 0 Å². The normalized spacial score (nSPS) is 16.5. The maximum atomic E-state index is 13.6. The Morgan fingerprint density at radius 3 is 2.61 bits per heavy atom. The Labute approximate surface area is 192 Å². The van der Waals surface area contributed by atoms with E-state index in [1.54, 1.807) is 35.4 Å². The molecule has 2 heterocycles. The van der Waals surface area contributed by atoms with Crippen molar-refractivity contribution < 1.29 is 18.7 Å². The second-order valence-corrected chi connectivity index (χ2v) is 8.07. The molecule has 3 aromatic rings. The van der Waals surface area contributed by atoms with Crippen molar-refractivity contribution in [1.29, 1.82) is 0 Å². The fraction of sp³-hybridized carbons (Fsp3) is 0.269. The van der Waals surface area contributed by atoms with Crippen molar-refractivity contribution in [1.82, 2.24) is 14.8 Å². The van der Waals surface area contributed by atoms with Gasteiger partial charge in [0, 0.05) is 32.0 Å². The van der Waals surface area contributed by atoms with Gasteiger partial charge in [-0.1, -0.05) is 42.5 Å². The van der Waals surface area contributed by atoms with Gasteiger partial charge in [0.2, 0.25) is 5.91 Å². The number of halogens is 1. The van der Waals surface area contributed by atoms with Crippen LogP contribution in [-0.2, 0) is 22.6 Å². The van der Waals surface area contributed by atoms with Crippen LogP contribution in [-0.4, -0.2) is 58.9 Å². The first-order valence-electron chi connectivity index (χ1n) is 11.0. The lowest BCUT2D eigenvalue weighted by Gasteiger charge is -2.25. The standard InChI is InChI=1S/C26H26FN3O3/c27-23-10-4-8-21(14-23)19-33-24-16-29(13-11-20-6-2-1-3-7-20)25(31)18-30(17-24)26(32)22-9-5-12-28-15-22/h1-10,12,14-15,24H,11,13,16-19H2. The molecule has 0 bridgehead atoms. The van der Waals surface area contributed by atoms with Crippen LogP contribution < -0.4 is 0 Å². The summed E-state index contributed by atoms with van der Waals surface area (Å²) < 4.78 is 19.6. The smallest absolute Gasteiger partial charge is 0.255 e. The van der Waals surface area contributed by atoms with Gasteiger partial charge in [-0.25, -0.2) is 4.39 Å². The molecule has 170 valence electrons. The van der Waals surface area contributed by atoms with Crippen molar-refractivity contribution in [2.24, 2.45) is 0 Å². The number of hydrogen-bond acceptors (Lipinski definition) is 4. The highest BCUT2D eigenvalue weighted by Crippen LogP contribution is 2.15. The molecule has 0 spiro atoms. The largest absolute Gasteiger partial charge is 0.370 e. The highest BCUT2D eigenvalue weighted by atomic mass is 19.1. The van der Waals surface area contributed by atoms with Gasteiger partial charge in [-0.2, -0.15) is 0 Å². The summed E-state index contributed by atoms with van der Waals surface area (Å²) in [6.45, 7) is 1.31. The van der Waals surface area contributed by atoms with E-state index in [-0.39, 0.29) is 37.3 Å². The number of carbonyl (C=O) groups excluding carboxylic acids is 2. The van der Waals surface area contributed by atoms with Gasteiger partial charge in [0.15, 0.2) is 0 Å². The molecule has 7 heteroatoms. The quantitative estimate of drug-likeness (QED) is 0.557. The summed E-state index contributed by atoms with van der Waals surface area (Å²) in [5.41, 5.74) is 2.26. The molecular formula is C26H26FN3O3. The van der Waals surface area contributed by atoms with Gasteiger partial charge in [0.05, 0.1) is 18.3 Å². The Morgan fingerprint density at radius 1 is 1.03 bits per heavy atom. The van der Waals surface area contributed by atoms with Crippen molar-refractivity contribution in [2.75, 3.05) is 26.2 Å². The average Bonchev–Trinajstić information content (AvgIpc) is 3.00. The molecule has 2 amide bonds. The minimum atomic E-state index is -0.406. The van der Waals surface area contributed by atoms with Crippen LogP contribution in [0.5, 0.6) is 0 Å². The lowest BCUT2D eigenvalue weighted by atomic mass is 10.1. The number of benzene rings is 2. The van der Waals surface area contributed by atoms with Gasteiger partial charge >= 0.3 is 0 Å². The van der Waals surface area contributed by atoms with Gasteiger partial charge in [0.25, 0.3) is 5.91 Å². The van der Waals surface area contributed by atoms with Gasteiger partial charge in [0.1, 0.15) is 12.4 Å². The number of rotatable bonds is 7. The van der Waals surface area contributed by atoms with E-state index < -0.39 is 6.10 Å². The number of carbonyl (C=O) groups is 2. The van der Waals surface area contributed by atoms with Crippen LogP contribution in [0.1, 0.15) is 21.5 Å². The van der Waals surface area contributed by atoms with Gasteiger partial charge in [-0.05, 0) is 41.8 Å². The summed E-state index contributed by atoms with van der Waals surface area (Å²) in [7, 11) is 0. The molecule has 0 radical (unpaired) electrons. The second-order valence-electron chi connectivity index (χ2n) is 8.07. The molecule has 1 aliphatic rings. The van der Waals surface area contributed by atoms with Crippen molar-refractivity contribution >= 4 is 11.8 Å². The summed E-state index contributed by atoms with van der Waals surface area (Å²) in [5.74, 6) is -0.717.